The molecule has 0 aliphatic heterocycles. The molecule has 0 heterocycles. The fourth-order valence-electron chi connectivity index (χ4n) is 11.5. The van der Waals surface area contributed by atoms with Crippen LogP contribution in [0.2, 0.25) is 0 Å². The summed E-state index contributed by atoms with van der Waals surface area (Å²) < 4.78 is 18.6. The number of allylic oxidation sites excluding steroid dienone is 1. The summed E-state index contributed by atoms with van der Waals surface area (Å²) in [6.07, 6.45) is 76.4. The van der Waals surface area contributed by atoms with Gasteiger partial charge in [-0.15, -0.1) is 0 Å². The summed E-state index contributed by atoms with van der Waals surface area (Å²) >= 11 is 0. The Balaban J connectivity index is 1.71. The number of aromatic hydroxyl groups is 1. The molecular weight excluding hydrogens is 981 g/mol. The van der Waals surface area contributed by atoms with Crippen molar-refractivity contribution in [3.63, 3.8) is 0 Å². The van der Waals surface area contributed by atoms with E-state index in [1.807, 2.05) is 36.4 Å². The molecule has 5 nitrogen and oxygen atoms in total. The number of ketones is 1. The zero-order valence-corrected chi connectivity index (χ0v) is 53.5. The van der Waals surface area contributed by atoms with Crippen LogP contribution in [0, 0.1) is 0 Å². The minimum Gasteiger partial charge on any atom is -0.507 e. The highest BCUT2D eigenvalue weighted by molar-refractivity contribution is 6.10. The third-order valence-electron chi connectivity index (χ3n) is 16.9. The molecular formula is C75H132O5. The van der Waals surface area contributed by atoms with E-state index in [4.69, 9.17) is 14.2 Å². The van der Waals surface area contributed by atoms with Gasteiger partial charge in [0.1, 0.15) is 28.6 Å². The van der Waals surface area contributed by atoms with Crippen molar-refractivity contribution in [1.82, 2.24) is 0 Å². The molecule has 80 heavy (non-hydrogen) atoms. The summed E-state index contributed by atoms with van der Waals surface area (Å²) in [6.45, 7) is 8.71. The standard InChI is InChI=1S/C75H132O5/c1-4-7-10-13-16-19-22-25-28-31-34-37-40-43-46-49-52-55-64-78-70-61-58-69(59-62-70)60-63-72(76)75-73(77)67-71(79-65-56-53-50-47-44-41-38-35-32-29-26-23-20-17-14-11-8-5-2)68-74(75)80-66-57-54-51-48-45-42-39-36-33-30-27-24-21-18-15-12-9-6-3/h58-63,67-68,77H,4-57,64-66H2,1-3H3/b63-60+. The number of unbranched alkanes of at least 4 members (excludes halogenated alkanes) is 51. The van der Waals surface area contributed by atoms with Gasteiger partial charge in [0.2, 0.25) is 0 Å². The Hall–Kier alpha value is -2.95. The second-order valence-electron chi connectivity index (χ2n) is 24.7. The van der Waals surface area contributed by atoms with Crippen molar-refractivity contribution in [2.75, 3.05) is 19.8 Å². The second-order valence-corrected chi connectivity index (χ2v) is 24.7. The van der Waals surface area contributed by atoms with Gasteiger partial charge in [0.05, 0.1) is 19.8 Å². The lowest BCUT2D eigenvalue weighted by molar-refractivity contribution is 0.104. The molecule has 1 N–H and O–H groups in total. The minimum absolute atomic E-state index is 0.0916. The summed E-state index contributed by atoms with van der Waals surface area (Å²) in [5.74, 6) is 1.45. The van der Waals surface area contributed by atoms with Crippen LogP contribution in [0.25, 0.3) is 6.08 Å². The second kappa shape index (κ2) is 57.8. The number of ether oxygens (including phenoxy) is 3. The van der Waals surface area contributed by atoms with Gasteiger partial charge in [0.15, 0.2) is 5.78 Å². The van der Waals surface area contributed by atoms with Crippen molar-refractivity contribution >= 4 is 11.9 Å². The first kappa shape index (κ1) is 73.2. The van der Waals surface area contributed by atoms with Gasteiger partial charge in [0.25, 0.3) is 0 Å². The average molecular weight is 1110 g/mol. The van der Waals surface area contributed by atoms with Crippen molar-refractivity contribution in [3.8, 4) is 23.0 Å². The molecule has 5 heteroatoms. The Morgan fingerprint density at radius 3 is 0.863 bits per heavy atom. The molecule has 0 aliphatic rings. The smallest absolute Gasteiger partial charge is 0.193 e. The molecule has 462 valence electrons. The van der Waals surface area contributed by atoms with E-state index in [9.17, 15) is 9.90 Å². The number of carbonyl (C=O) groups is 1. The Bertz CT molecular complexity index is 1630. The third-order valence-corrected chi connectivity index (χ3v) is 16.9. The van der Waals surface area contributed by atoms with Gasteiger partial charge in [-0.25, -0.2) is 0 Å². The molecule has 0 amide bonds. The highest BCUT2D eigenvalue weighted by atomic mass is 16.5. The van der Waals surface area contributed by atoms with Crippen molar-refractivity contribution in [2.45, 2.75) is 367 Å². The van der Waals surface area contributed by atoms with Crippen molar-refractivity contribution in [2.24, 2.45) is 0 Å². The SMILES string of the molecule is CCCCCCCCCCCCCCCCCCCCOc1ccc(/C=C/C(=O)c2c(O)cc(OCCCCCCCCCCCCCCCCCCCC)cc2OCCCCCCCCCCCCCCCCCCCC)cc1. The molecule has 0 atom stereocenters. The fraction of sp³-hybridized carbons (Fsp3) is 0.800. The lowest BCUT2D eigenvalue weighted by Gasteiger charge is -2.14. The Morgan fingerprint density at radius 2 is 0.575 bits per heavy atom. The average Bonchev–Trinajstić information content (AvgIpc) is 3.51. The highest BCUT2D eigenvalue weighted by Crippen LogP contribution is 2.35. The van der Waals surface area contributed by atoms with Crippen LogP contribution in [0.4, 0.5) is 0 Å². The van der Waals surface area contributed by atoms with Crippen LogP contribution in [0.5, 0.6) is 23.0 Å². The molecule has 0 saturated heterocycles. The van der Waals surface area contributed by atoms with E-state index < -0.39 is 0 Å². The zero-order chi connectivity index (χ0) is 57.1. The molecule has 0 radical (unpaired) electrons. The van der Waals surface area contributed by atoms with E-state index >= 15 is 0 Å². The maximum atomic E-state index is 13.8. The van der Waals surface area contributed by atoms with Crippen LogP contribution in [-0.2, 0) is 0 Å². The van der Waals surface area contributed by atoms with E-state index in [0.717, 1.165) is 50.0 Å². The number of carbonyl (C=O) groups excluding carboxylic acids is 1. The first-order valence-corrected chi connectivity index (χ1v) is 35.7. The Labute approximate surface area is 497 Å². The predicted molar refractivity (Wildman–Crippen MR) is 351 cm³/mol. The number of phenolic OH excluding ortho intramolecular Hbond substituents is 1. The van der Waals surface area contributed by atoms with Gasteiger partial charge in [-0.05, 0) is 43.0 Å². The van der Waals surface area contributed by atoms with Gasteiger partial charge in [-0.3, -0.25) is 4.79 Å². The number of hydrogen-bond acceptors (Lipinski definition) is 5. The summed E-state index contributed by atoms with van der Waals surface area (Å²) in [7, 11) is 0. The summed E-state index contributed by atoms with van der Waals surface area (Å²) in [4.78, 5) is 13.8. The van der Waals surface area contributed by atoms with Crippen LogP contribution in [0.1, 0.15) is 383 Å². The van der Waals surface area contributed by atoms with Gasteiger partial charge in [0, 0.05) is 12.1 Å². The molecule has 0 fully saturated rings. The van der Waals surface area contributed by atoms with Crippen LogP contribution < -0.4 is 14.2 Å². The zero-order valence-electron chi connectivity index (χ0n) is 53.5. The van der Waals surface area contributed by atoms with Crippen LogP contribution in [0.15, 0.2) is 42.5 Å². The molecule has 0 saturated carbocycles. The molecule has 0 unspecified atom stereocenters. The lowest BCUT2D eigenvalue weighted by atomic mass is 10.0. The largest absolute Gasteiger partial charge is 0.507 e. The molecule has 0 spiro atoms. The van der Waals surface area contributed by atoms with E-state index in [1.165, 1.54) is 315 Å². The van der Waals surface area contributed by atoms with Gasteiger partial charge in [-0.2, -0.15) is 0 Å². The number of benzene rings is 2. The predicted octanol–water partition coefficient (Wildman–Crippen LogP) is 25.5. The minimum atomic E-state index is -0.278. The van der Waals surface area contributed by atoms with Crippen LogP contribution in [0.3, 0.4) is 0 Å². The summed E-state index contributed by atoms with van der Waals surface area (Å²) in [5.41, 5.74) is 1.11. The molecule has 0 bridgehead atoms. The molecule has 2 aromatic carbocycles. The van der Waals surface area contributed by atoms with E-state index in [-0.39, 0.29) is 17.1 Å². The summed E-state index contributed by atoms with van der Waals surface area (Å²) in [5, 5.41) is 11.3. The molecule has 0 aliphatic carbocycles. The van der Waals surface area contributed by atoms with Crippen molar-refractivity contribution < 1.29 is 24.1 Å². The molecule has 2 rings (SSSR count). The van der Waals surface area contributed by atoms with E-state index in [0.29, 0.717) is 24.7 Å². The third kappa shape index (κ3) is 45.6. The first-order valence-electron chi connectivity index (χ1n) is 35.7. The fourth-order valence-corrected chi connectivity index (χ4v) is 11.5. The molecule has 0 aromatic heterocycles. The van der Waals surface area contributed by atoms with Crippen LogP contribution in [-0.4, -0.2) is 30.7 Å². The summed E-state index contributed by atoms with van der Waals surface area (Å²) in [6, 6.07) is 11.3. The van der Waals surface area contributed by atoms with Crippen molar-refractivity contribution in [3.05, 3.63) is 53.6 Å². The maximum absolute atomic E-state index is 13.8. The Kier molecular flexibility index (Phi) is 52.9. The normalized spacial score (nSPS) is 11.6. The maximum Gasteiger partial charge on any atom is 0.193 e. The van der Waals surface area contributed by atoms with Gasteiger partial charge < -0.3 is 19.3 Å². The quantitative estimate of drug-likeness (QED) is 0.0406. The highest BCUT2D eigenvalue weighted by Gasteiger charge is 2.19. The topological polar surface area (TPSA) is 65.0 Å². The number of rotatable bonds is 63. The van der Waals surface area contributed by atoms with E-state index in [2.05, 4.69) is 20.8 Å². The van der Waals surface area contributed by atoms with E-state index in [1.54, 1.807) is 12.1 Å². The molecule has 2 aromatic rings. The van der Waals surface area contributed by atoms with Gasteiger partial charge >= 0.3 is 0 Å². The Morgan fingerprint density at radius 1 is 0.325 bits per heavy atom. The first-order chi connectivity index (χ1) is 39.6. The van der Waals surface area contributed by atoms with Crippen molar-refractivity contribution in [1.29, 1.82) is 0 Å². The number of phenols is 1. The number of hydrogen-bond donors (Lipinski definition) is 1. The lowest BCUT2D eigenvalue weighted by Crippen LogP contribution is -2.06. The van der Waals surface area contributed by atoms with Gasteiger partial charge in [-0.1, -0.05) is 366 Å². The monoisotopic (exact) mass is 1110 g/mol. The van der Waals surface area contributed by atoms with Crippen LogP contribution >= 0.6 is 0 Å².